The largest absolute Gasteiger partial charge is 0.661 e. The van der Waals surface area contributed by atoms with Crippen LogP contribution < -0.4 is 0 Å². The summed E-state index contributed by atoms with van der Waals surface area (Å²) >= 11 is 0. The van der Waals surface area contributed by atoms with Crippen LogP contribution >= 0.6 is 0 Å². The van der Waals surface area contributed by atoms with E-state index in [1.165, 1.54) is 11.1 Å². The van der Waals surface area contributed by atoms with Crippen LogP contribution in [0.2, 0.25) is 0 Å². The van der Waals surface area contributed by atoms with Crippen LogP contribution in [0.3, 0.4) is 0 Å². The number of hydrogen-bond acceptors (Lipinski definition) is 0. The van der Waals surface area contributed by atoms with Gasteiger partial charge in [-0.1, -0.05) is 35.4 Å². The second kappa shape index (κ2) is 3.37. The number of hydrogen-bond donors (Lipinski definition) is 0. The van der Waals surface area contributed by atoms with Gasteiger partial charge in [0.15, 0.2) is 0 Å². The first-order valence-corrected chi connectivity index (χ1v) is 3.44. The van der Waals surface area contributed by atoms with Gasteiger partial charge in [-0.3, -0.25) is 0 Å². The van der Waals surface area contributed by atoms with Gasteiger partial charge < -0.3 is 5.32 Å². The Kier molecular flexibility index (Phi) is 2.46. The fourth-order valence-corrected chi connectivity index (χ4v) is 0.876. The van der Waals surface area contributed by atoms with Crippen LogP contribution in [0.25, 0.3) is 5.32 Å². The molecule has 0 aliphatic carbocycles. The summed E-state index contributed by atoms with van der Waals surface area (Å²) in [6.45, 7) is 2.92. The molecular weight excluding hydrogens is 122 g/mol. The van der Waals surface area contributed by atoms with Gasteiger partial charge in [-0.05, 0) is 6.92 Å². The minimum Gasteiger partial charge on any atom is -0.661 e. The van der Waals surface area contributed by atoms with E-state index in [9.17, 15) is 0 Å². The molecule has 1 heteroatoms. The predicted molar refractivity (Wildman–Crippen MR) is 44.2 cm³/mol. The van der Waals surface area contributed by atoms with Gasteiger partial charge in [0.1, 0.15) is 0 Å². The molecule has 0 radical (unpaired) electrons. The van der Waals surface area contributed by atoms with Gasteiger partial charge in [-0.15, -0.1) is 6.54 Å². The molecule has 1 nitrogen and oxygen atoms in total. The van der Waals surface area contributed by atoms with Crippen molar-refractivity contribution in [3.8, 4) is 0 Å². The smallest absolute Gasteiger partial charge is 0.0398 e. The summed E-state index contributed by atoms with van der Waals surface area (Å²) in [5.74, 6) is 0. The van der Waals surface area contributed by atoms with Gasteiger partial charge in [0, 0.05) is 0 Å². The van der Waals surface area contributed by atoms with E-state index in [4.69, 9.17) is 0 Å². The Morgan fingerprint density at radius 2 is 1.80 bits per heavy atom. The molecule has 0 atom stereocenters. The topological polar surface area (TPSA) is 14.1 Å². The summed E-state index contributed by atoms with van der Waals surface area (Å²) in [4.78, 5) is 0. The Morgan fingerprint density at radius 3 is 2.30 bits per heavy atom. The molecule has 1 aromatic carbocycles. The average molecular weight is 134 g/mol. The maximum absolute atomic E-state index is 4.04. The van der Waals surface area contributed by atoms with E-state index in [2.05, 4.69) is 36.5 Å². The third kappa shape index (κ3) is 1.85. The first kappa shape index (κ1) is 7.29. The van der Waals surface area contributed by atoms with Crippen molar-refractivity contribution in [2.24, 2.45) is 0 Å². The normalized spacial score (nSPS) is 9.80. The van der Waals surface area contributed by atoms with Crippen molar-refractivity contribution in [1.82, 2.24) is 0 Å². The highest BCUT2D eigenvalue weighted by Gasteiger charge is 1.82. The SMILES string of the molecule is C[N-]Cc1ccc(C)cc1. The lowest BCUT2D eigenvalue weighted by molar-refractivity contribution is 1.18. The van der Waals surface area contributed by atoms with E-state index in [0.717, 1.165) is 6.54 Å². The number of nitrogens with zero attached hydrogens (tertiary/aromatic N) is 1. The van der Waals surface area contributed by atoms with E-state index in [0.29, 0.717) is 0 Å². The monoisotopic (exact) mass is 134 g/mol. The van der Waals surface area contributed by atoms with Gasteiger partial charge in [0.2, 0.25) is 0 Å². The highest BCUT2D eigenvalue weighted by atomic mass is 14.8. The minimum absolute atomic E-state index is 0.834. The number of aryl methyl sites for hydroxylation is 1. The molecule has 0 bridgehead atoms. The molecule has 1 aromatic rings. The number of rotatable bonds is 2. The third-order valence-electron chi connectivity index (χ3n) is 1.46. The zero-order chi connectivity index (χ0) is 7.40. The quantitative estimate of drug-likeness (QED) is 0.590. The minimum atomic E-state index is 0.834. The standard InChI is InChI=1S/C9H12N/c1-8-3-5-9(6-4-8)7-10-2/h3-6H,7H2,1-2H3/q-1. The lowest BCUT2D eigenvalue weighted by Crippen LogP contribution is -1.81. The molecule has 10 heavy (non-hydrogen) atoms. The molecule has 0 fully saturated rings. The van der Waals surface area contributed by atoms with Gasteiger partial charge in [0.25, 0.3) is 0 Å². The molecule has 0 aromatic heterocycles. The average Bonchev–Trinajstić information content (AvgIpc) is 1.95. The Labute approximate surface area is 62.1 Å². The summed E-state index contributed by atoms with van der Waals surface area (Å²) < 4.78 is 0. The van der Waals surface area contributed by atoms with Crippen molar-refractivity contribution < 1.29 is 0 Å². The van der Waals surface area contributed by atoms with Crippen LogP contribution in [-0.4, -0.2) is 7.05 Å². The van der Waals surface area contributed by atoms with Crippen molar-refractivity contribution in [1.29, 1.82) is 0 Å². The summed E-state index contributed by atoms with van der Waals surface area (Å²) in [7, 11) is 1.83. The van der Waals surface area contributed by atoms with E-state index in [1.54, 1.807) is 0 Å². The predicted octanol–water partition coefficient (Wildman–Crippen LogP) is 2.50. The van der Waals surface area contributed by atoms with Crippen LogP contribution in [0.1, 0.15) is 11.1 Å². The lowest BCUT2D eigenvalue weighted by atomic mass is 10.1. The summed E-state index contributed by atoms with van der Waals surface area (Å²) in [6.07, 6.45) is 0. The molecule has 0 unspecified atom stereocenters. The molecule has 1 rings (SSSR count). The Hall–Kier alpha value is -0.820. The first-order chi connectivity index (χ1) is 4.83. The first-order valence-electron chi connectivity index (χ1n) is 3.44. The number of benzene rings is 1. The highest BCUT2D eigenvalue weighted by Crippen LogP contribution is 2.05. The van der Waals surface area contributed by atoms with Crippen LogP contribution in [0.5, 0.6) is 0 Å². The zero-order valence-corrected chi connectivity index (χ0v) is 6.46. The molecule has 0 aliphatic heterocycles. The van der Waals surface area contributed by atoms with Crippen LogP contribution in [0.15, 0.2) is 24.3 Å². The van der Waals surface area contributed by atoms with Crippen molar-refractivity contribution in [2.45, 2.75) is 13.5 Å². The van der Waals surface area contributed by atoms with Gasteiger partial charge in [-0.25, -0.2) is 0 Å². The van der Waals surface area contributed by atoms with Gasteiger partial charge in [-0.2, -0.15) is 7.05 Å². The molecule has 0 saturated heterocycles. The molecule has 54 valence electrons. The molecule has 0 spiro atoms. The molecule has 0 heterocycles. The summed E-state index contributed by atoms with van der Waals surface area (Å²) in [5.41, 5.74) is 2.59. The molecule has 0 amide bonds. The Balaban J connectivity index is 2.69. The maximum atomic E-state index is 4.04. The van der Waals surface area contributed by atoms with Crippen molar-refractivity contribution in [2.75, 3.05) is 7.05 Å². The van der Waals surface area contributed by atoms with Crippen LogP contribution in [-0.2, 0) is 6.54 Å². The fraction of sp³-hybridized carbons (Fsp3) is 0.333. The second-order valence-electron chi connectivity index (χ2n) is 2.46. The van der Waals surface area contributed by atoms with Crippen LogP contribution in [0.4, 0.5) is 0 Å². The summed E-state index contributed by atoms with van der Waals surface area (Å²) in [6, 6.07) is 8.45. The molecular formula is C9H12N-. The Morgan fingerprint density at radius 1 is 1.20 bits per heavy atom. The van der Waals surface area contributed by atoms with Crippen molar-refractivity contribution in [3.05, 3.63) is 40.7 Å². The third-order valence-corrected chi connectivity index (χ3v) is 1.46. The van der Waals surface area contributed by atoms with E-state index in [-0.39, 0.29) is 0 Å². The van der Waals surface area contributed by atoms with Crippen molar-refractivity contribution >= 4 is 0 Å². The van der Waals surface area contributed by atoms with E-state index in [1.807, 2.05) is 7.05 Å². The zero-order valence-electron chi connectivity index (χ0n) is 6.46. The second-order valence-corrected chi connectivity index (χ2v) is 2.46. The summed E-state index contributed by atoms with van der Waals surface area (Å²) in [5, 5.41) is 4.04. The van der Waals surface area contributed by atoms with Crippen molar-refractivity contribution in [3.63, 3.8) is 0 Å². The van der Waals surface area contributed by atoms with E-state index >= 15 is 0 Å². The molecule has 0 N–H and O–H groups in total. The fourth-order valence-electron chi connectivity index (χ4n) is 0.876. The highest BCUT2D eigenvalue weighted by molar-refractivity contribution is 5.22. The lowest BCUT2D eigenvalue weighted by Gasteiger charge is -2.10. The molecule has 0 aliphatic rings. The Bertz CT molecular complexity index is 188. The van der Waals surface area contributed by atoms with E-state index < -0.39 is 0 Å². The van der Waals surface area contributed by atoms with Gasteiger partial charge in [0.05, 0.1) is 0 Å². The molecule has 0 saturated carbocycles. The van der Waals surface area contributed by atoms with Gasteiger partial charge >= 0.3 is 0 Å². The van der Waals surface area contributed by atoms with Crippen LogP contribution in [0, 0.1) is 6.92 Å². The maximum Gasteiger partial charge on any atom is -0.0398 e.